The van der Waals surface area contributed by atoms with Gasteiger partial charge >= 0.3 is 0 Å². The second-order valence-electron chi connectivity index (χ2n) is 4.46. The van der Waals surface area contributed by atoms with Crippen LogP contribution in [0.5, 0.6) is 0 Å². The van der Waals surface area contributed by atoms with Crippen molar-refractivity contribution in [1.29, 1.82) is 0 Å². The number of halogens is 4. The number of anilines is 2. The molecule has 3 nitrogen and oxygen atoms in total. The first-order chi connectivity index (χ1) is 9.40. The molecule has 0 aliphatic carbocycles. The minimum absolute atomic E-state index is 0.0637. The molecule has 0 aliphatic rings. The summed E-state index contributed by atoms with van der Waals surface area (Å²) >= 11 is 17.6. The third kappa shape index (κ3) is 3.14. The van der Waals surface area contributed by atoms with Crippen LogP contribution in [0.15, 0.2) is 18.5 Å². The maximum Gasteiger partial charge on any atom is 0.160 e. The Bertz CT molecular complexity index is 624. The lowest BCUT2D eigenvalue weighted by Crippen LogP contribution is -2.03. The Morgan fingerprint density at radius 1 is 1.10 bits per heavy atom. The van der Waals surface area contributed by atoms with E-state index < -0.39 is 5.82 Å². The predicted molar refractivity (Wildman–Crippen MR) is 80.8 cm³/mol. The average Bonchev–Trinajstić information content (AvgIpc) is 2.35. The summed E-state index contributed by atoms with van der Waals surface area (Å²) in [4.78, 5) is 8.11. The largest absolute Gasteiger partial charge is 0.340 e. The number of aromatic nitrogens is 2. The van der Waals surface area contributed by atoms with Crippen molar-refractivity contribution < 1.29 is 4.39 Å². The second-order valence-corrected chi connectivity index (χ2v) is 5.63. The van der Waals surface area contributed by atoms with Crippen LogP contribution in [-0.2, 0) is 0 Å². The predicted octanol–water partition coefficient (Wildman–Crippen LogP) is 5.44. The summed E-state index contributed by atoms with van der Waals surface area (Å²) in [5.41, 5.74) is 1.30. The zero-order chi connectivity index (χ0) is 14.9. The Balaban J connectivity index is 2.43. The fraction of sp³-hybridized carbons (Fsp3) is 0.231. The fourth-order valence-electron chi connectivity index (χ4n) is 1.75. The third-order valence-electron chi connectivity index (χ3n) is 2.66. The van der Waals surface area contributed by atoms with Gasteiger partial charge in [0.15, 0.2) is 5.82 Å². The van der Waals surface area contributed by atoms with Gasteiger partial charge in [-0.2, -0.15) is 0 Å². The van der Waals surface area contributed by atoms with Crippen LogP contribution in [0.4, 0.5) is 15.9 Å². The molecule has 1 aromatic carbocycles. The molecular weight excluding hydrogens is 324 g/mol. The van der Waals surface area contributed by atoms with Crippen molar-refractivity contribution in [3.63, 3.8) is 0 Å². The molecule has 0 amide bonds. The molecule has 0 saturated carbocycles. The summed E-state index contributed by atoms with van der Waals surface area (Å²) in [5, 5.41) is 3.28. The first-order valence-electron chi connectivity index (χ1n) is 5.82. The van der Waals surface area contributed by atoms with Gasteiger partial charge in [-0.3, -0.25) is 0 Å². The molecule has 0 spiro atoms. The van der Waals surface area contributed by atoms with Crippen LogP contribution in [0.3, 0.4) is 0 Å². The summed E-state index contributed by atoms with van der Waals surface area (Å²) in [6.45, 7) is 3.95. The summed E-state index contributed by atoms with van der Waals surface area (Å²) in [5.74, 6) is 0.0139. The number of hydrogen-bond acceptors (Lipinski definition) is 3. The Morgan fingerprint density at radius 3 is 2.25 bits per heavy atom. The van der Waals surface area contributed by atoms with Gasteiger partial charge in [0.2, 0.25) is 0 Å². The number of nitrogens with zero attached hydrogens (tertiary/aromatic N) is 2. The van der Waals surface area contributed by atoms with Crippen molar-refractivity contribution >= 4 is 46.3 Å². The normalized spacial score (nSPS) is 10.9. The highest BCUT2D eigenvalue weighted by Crippen LogP contribution is 2.33. The molecule has 0 unspecified atom stereocenters. The number of hydrogen-bond donors (Lipinski definition) is 1. The molecule has 1 heterocycles. The minimum Gasteiger partial charge on any atom is -0.340 e. The topological polar surface area (TPSA) is 37.8 Å². The Hall–Kier alpha value is -1.10. The van der Waals surface area contributed by atoms with Gasteiger partial charge in [-0.1, -0.05) is 48.7 Å². The van der Waals surface area contributed by atoms with Crippen molar-refractivity contribution in [3.05, 3.63) is 45.0 Å². The van der Waals surface area contributed by atoms with E-state index in [0.29, 0.717) is 16.7 Å². The second kappa shape index (κ2) is 6.12. The van der Waals surface area contributed by atoms with Crippen molar-refractivity contribution in [3.8, 4) is 0 Å². The van der Waals surface area contributed by atoms with Crippen molar-refractivity contribution in [2.45, 2.75) is 19.8 Å². The maximum atomic E-state index is 13.4. The van der Waals surface area contributed by atoms with Gasteiger partial charge in [0.1, 0.15) is 17.3 Å². The van der Waals surface area contributed by atoms with Gasteiger partial charge in [-0.05, 0) is 18.1 Å². The highest BCUT2D eigenvalue weighted by atomic mass is 35.5. The van der Waals surface area contributed by atoms with Gasteiger partial charge in [0.25, 0.3) is 0 Å². The monoisotopic (exact) mass is 333 g/mol. The van der Waals surface area contributed by atoms with Crippen LogP contribution < -0.4 is 5.32 Å². The molecule has 0 aliphatic heterocycles. The minimum atomic E-state index is -0.649. The third-order valence-corrected chi connectivity index (χ3v) is 3.51. The van der Waals surface area contributed by atoms with E-state index in [-0.39, 0.29) is 16.0 Å². The van der Waals surface area contributed by atoms with E-state index in [9.17, 15) is 4.39 Å². The van der Waals surface area contributed by atoms with E-state index in [1.165, 1.54) is 18.5 Å². The molecule has 0 fully saturated rings. The summed E-state index contributed by atoms with van der Waals surface area (Å²) in [6.07, 6.45) is 1.35. The smallest absolute Gasteiger partial charge is 0.160 e. The molecule has 0 bridgehead atoms. The Labute approximate surface area is 131 Å². The van der Waals surface area contributed by atoms with Crippen LogP contribution in [0, 0.1) is 5.82 Å². The zero-order valence-corrected chi connectivity index (χ0v) is 13.0. The number of rotatable bonds is 3. The van der Waals surface area contributed by atoms with E-state index in [2.05, 4.69) is 15.3 Å². The quantitative estimate of drug-likeness (QED) is 0.599. The van der Waals surface area contributed by atoms with E-state index in [0.717, 1.165) is 5.56 Å². The van der Waals surface area contributed by atoms with Crippen LogP contribution in [0.25, 0.3) is 0 Å². The molecule has 2 rings (SSSR count). The first-order valence-corrected chi connectivity index (χ1v) is 6.95. The van der Waals surface area contributed by atoms with Crippen LogP contribution in [-0.4, -0.2) is 9.97 Å². The van der Waals surface area contributed by atoms with Gasteiger partial charge < -0.3 is 5.32 Å². The van der Waals surface area contributed by atoms with E-state index in [1.807, 2.05) is 13.8 Å². The van der Waals surface area contributed by atoms with Crippen molar-refractivity contribution in [2.75, 3.05) is 5.32 Å². The molecule has 0 atom stereocenters. The number of benzene rings is 1. The lowest BCUT2D eigenvalue weighted by molar-refractivity contribution is 0.629. The molecule has 20 heavy (non-hydrogen) atoms. The average molecular weight is 335 g/mol. The molecule has 0 radical (unpaired) electrons. The van der Waals surface area contributed by atoms with E-state index in [4.69, 9.17) is 34.8 Å². The van der Waals surface area contributed by atoms with Crippen LogP contribution in [0.1, 0.15) is 25.3 Å². The van der Waals surface area contributed by atoms with E-state index in [1.54, 1.807) is 0 Å². The summed E-state index contributed by atoms with van der Waals surface area (Å²) in [6, 6.07) is 2.87. The standard InChI is InChI=1S/C13H11Cl3FN3/c1-6(2)10-12(16)18-5-19-13(10)20-7-3-8(14)11(17)9(15)4-7/h3-6H,1-2H3,(H,18,19,20). The molecule has 7 heteroatoms. The van der Waals surface area contributed by atoms with E-state index >= 15 is 0 Å². The highest BCUT2D eigenvalue weighted by Gasteiger charge is 2.15. The first kappa shape index (κ1) is 15.3. The number of nitrogens with one attached hydrogen (secondary N) is 1. The summed E-state index contributed by atoms with van der Waals surface area (Å²) in [7, 11) is 0. The van der Waals surface area contributed by atoms with Crippen LogP contribution >= 0.6 is 34.8 Å². The van der Waals surface area contributed by atoms with Gasteiger partial charge in [0, 0.05) is 11.3 Å². The van der Waals surface area contributed by atoms with Gasteiger partial charge in [-0.25, -0.2) is 14.4 Å². The maximum absolute atomic E-state index is 13.4. The fourth-order valence-corrected chi connectivity index (χ4v) is 2.59. The molecule has 106 valence electrons. The Morgan fingerprint density at radius 2 is 1.70 bits per heavy atom. The highest BCUT2D eigenvalue weighted by molar-refractivity contribution is 6.35. The SMILES string of the molecule is CC(C)c1c(Cl)ncnc1Nc1cc(Cl)c(F)c(Cl)c1. The van der Waals surface area contributed by atoms with Gasteiger partial charge in [-0.15, -0.1) is 0 Å². The molecule has 0 saturated heterocycles. The van der Waals surface area contributed by atoms with Crippen molar-refractivity contribution in [1.82, 2.24) is 9.97 Å². The molecular formula is C13H11Cl3FN3. The van der Waals surface area contributed by atoms with Crippen molar-refractivity contribution in [2.24, 2.45) is 0 Å². The zero-order valence-electron chi connectivity index (χ0n) is 10.7. The summed E-state index contributed by atoms with van der Waals surface area (Å²) < 4.78 is 13.4. The molecule has 2 aromatic rings. The van der Waals surface area contributed by atoms with Gasteiger partial charge in [0.05, 0.1) is 10.0 Å². The Kier molecular flexibility index (Phi) is 4.68. The molecule has 1 N–H and O–H groups in total. The lowest BCUT2D eigenvalue weighted by atomic mass is 10.1. The lowest BCUT2D eigenvalue weighted by Gasteiger charge is -2.14. The van der Waals surface area contributed by atoms with Crippen LogP contribution in [0.2, 0.25) is 15.2 Å². The molecule has 1 aromatic heterocycles.